The van der Waals surface area contributed by atoms with E-state index in [2.05, 4.69) is 0 Å². The van der Waals surface area contributed by atoms with Crippen molar-refractivity contribution in [3.63, 3.8) is 0 Å². The third-order valence-corrected chi connectivity index (χ3v) is 5.81. The van der Waals surface area contributed by atoms with Crippen molar-refractivity contribution >= 4 is 27.5 Å². The average molecular weight is 372 g/mol. The van der Waals surface area contributed by atoms with Gasteiger partial charge in [-0.05, 0) is 18.2 Å². The molecule has 1 aromatic carbocycles. The second-order valence-corrected chi connectivity index (χ2v) is 7.91. The number of alkyl halides is 3. The van der Waals surface area contributed by atoms with Crippen molar-refractivity contribution < 1.29 is 21.6 Å². The monoisotopic (exact) mass is 371 g/mol. The molecule has 130 valence electrons. The van der Waals surface area contributed by atoms with Crippen LogP contribution in [-0.2, 0) is 16.4 Å². The molecule has 0 N–H and O–H groups in total. The number of rotatable bonds is 3. The quantitative estimate of drug-likeness (QED) is 0.818. The normalized spacial score (nSPS) is 17.8. The zero-order valence-electron chi connectivity index (χ0n) is 12.6. The third kappa shape index (κ3) is 3.90. The molecule has 0 atom stereocenters. The van der Waals surface area contributed by atoms with E-state index in [1.807, 2.05) is 0 Å². The number of halogens is 4. The lowest BCUT2D eigenvalue weighted by molar-refractivity contribution is -0.137. The number of anilines is 1. The highest BCUT2D eigenvalue weighted by atomic mass is 35.5. The lowest BCUT2D eigenvalue weighted by Gasteiger charge is -2.37. The highest BCUT2D eigenvalue weighted by Crippen LogP contribution is 2.38. The van der Waals surface area contributed by atoms with E-state index in [4.69, 9.17) is 11.6 Å². The zero-order valence-corrected chi connectivity index (χ0v) is 14.2. The molecule has 0 aliphatic carbocycles. The van der Waals surface area contributed by atoms with Crippen LogP contribution in [0, 0.1) is 0 Å². The SMILES string of the molecule is CN(C)S(=O)(=O)N1CCN(c2ccc(Cl)cc2C(F)(F)F)CC1. The molecule has 10 heteroatoms. The van der Waals surface area contributed by atoms with Gasteiger partial charge < -0.3 is 4.90 Å². The van der Waals surface area contributed by atoms with Crippen molar-refractivity contribution in [2.75, 3.05) is 45.2 Å². The summed E-state index contributed by atoms with van der Waals surface area (Å²) in [4.78, 5) is 1.53. The summed E-state index contributed by atoms with van der Waals surface area (Å²) >= 11 is 5.67. The third-order valence-electron chi connectivity index (χ3n) is 3.63. The van der Waals surface area contributed by atoms with Gasteiger partial charge in [0.25, 0.3) is 10.2 Å². The molecule has 0 aromatic heterocycles. The first-order chi connectivity index (χ1) is 10.5. The van der Waals surface area contributed by atoms with Crippen molar-refractivity contribution in [1.82, 2.24) is 8.61 Å². The maximum atomic E-state index is 13.2. The van der Waals surface area contributed by atoms with Gasteiger partial charge in [0.2, 0.25) is 0 Å². The maximum absolute atomic E-state index is 13.2. The molecule has 1 heterocycles. The topological polar surface area (TPSA) is 43.9 Å². The molecule has 23 heavy (non-hydrogen) atoms. The van der Waals surface area contributed by atoms with Gasteiger partial charge in [0.15, 0.2) is 0 Å². The molecule has 1 aliphatic heterocycles. The van der Waals surface area contributed by atoms with Gasteiger partial charge in [-0.3, -0.25) is 0 Å². The van der Waals surface area contributed by atoms with Crippen molar-refractivity contribution in [1.29, 1.82) is 0 Å². The van der Waals surface area contributed by atoms with Crippen molar-refractivity contribution in [3.8, 4) is 0 Å². The van der Waals surface area contributed by atoms with Crippen molar-refractivity contribution in [3.05, 3.63) is 28.8 Å². The van der Waals surface area contributed by atoms with E-state index < -0.39 is 21.9 Å². The van der Waals surface area contributed by atoms with Crippen LogP contribution in [0.1, 0.15) is 5.56 Å². The number of hydrogen-bond acceptors (Lipinski definition) is 3. The molecular weight excluding hydrogens is 355 g/mol. The van der Waals surface area contributed by atoms with Crippen molar-refractivity contribution in [2.45, 2.75) is 6.18 Å². The summed E-state index contributed by atoms with van der Waals surface area (Å²) < 4.78 is 65.9. The largest absolute Gasteiger partial charge is 0.418 e. The number of nitrogens with zero attached hydrogens (tertiary/aromatic N) is 3. The second-order valence-electron chi connectivity index (χ2n) is 5.34. The Labute approximate surface area is 138 Å². The van der Waals surface area contributed by atoms with Crippen LogP contribution in [0.25, 0.3) is 0 Å². The van der Waals surface area contributed by atoms with Gasteiger partial charge in [0.1, 0.15) is 0 Å². The molecule has 1 saturated heterocycles. The molecule has 0 bridgehead atoms. The molecule has 1 aromatic rings. The van der Waals surface area contributed by atoms with Crippen LogP contribution in [0.15, 0.2) is 18.2 Å². The zero-order chi connectivity index (χ0) is 17.4. The first kappa shape index (κ1) is 18.3. The van der Waals surface area contributed by atoms with E-state index in [0.717, 1.165) is 10.4 Å². The van der Waals surface area contributed by atoms with E-state index in [-0.39, 0.29) is 36.9 Å². The molecular formula is C13H17ClF3N3O2S. The Bertz CT molecular complexity index is 672. The van der Waals surface area contributed by atoms with Crippen LogP contribution in [0.3, 0.4) is 0 Å². The molecule has 0 spiro atoms. The van der Waals surface area contributed by atoms with Gasteiger partial charge in [0.05, 0.1) is 5.56 Å². The molecule has 5 nitrogen and oxygen atoms in total. The fraction of sp³-hybridized carbons (Fsp3) is 0.538. The van der Waals surface area contributed by atoms with E-state index in [1.54, 1.807) is 0 Å². The summed E-state index contributed by atoms with van der Waals surface area (Å²) in [6.07, 6.45) is -4.52. The fourth-order valence-electron chi connectivity index (χ4n) is 2.40. The minimum absolute atomic E-state index is 0.00916. The van der Waals surface area contributed by atoms with Crippen LogP contribution >= 0.6 is 11.6 Å². The lowest BCUT2D eigenvalue weighted by atomic mass is 10.1. The standard InChI is InChI=1S/C13H17ClF3N3O2S/c1-18(2)23(21,22)20-7-5-19(6-8-20)12-4-3-10(14)9-11(12)13(15,16)17/h3-4,9H,5-8H2,1-2H3. The first-order valence-corrected chi connectivity index (χ1v) is 8.60. The summed E-state index contributed by atoms with van der Waals surface area (Å²) in [5.41, 5.74) is -0.794. The van der Waals surface area contributed by atoms with Crippen molar-refractivity contribution in [2.24, 2.45) is 0 Å². The van der Waals surface area contributed by atoms with E-state index in [9.17, 15) is 21.6 Å². The van der Waals surface area contributed by atoms with Crippen LogP contribution in [-0.4, -0.2) is 57.3 Å². The summed E-state index contributed by atoms with van der Waals surface area (Å²) in [5, 5.41) is 0.00916. The smallest absolute Gasteiger partial charge is 0.368 e. The van der Waals surface area contributed by atoms with Gasteiger partial charge in [-0.15, -0.1) is 0 Å². The fourth-order valence-corrected chi connectivity index (χ4v) is 3.66. The summed E-state index contributed by atoms with van der Waals surface area (Å²) in [6.45, 7) is 0.608. The van der Waals surface area contributed by atoms with Crippen LogP contribution in [0.4, 0.5) is 18.9 Å². The molecule has 0 saturated carbocycles. The Balaban J connectivity index is 2.22. The Morgan fingerprint density at radius 1 is 1.13 bits per heavy atom. The van der Waals surface area contributed by atoms with E-state index in [1.165, 1.54) is 35.4 Å². The number of hydrogen-bond donors (Lipinski definition) is 0. The second kappa shape index (κ2) is 6.46. The average Bonchev–Trinajstić information content (AvgIpc) is 2.46. The van der Waals surface area contributed by atoms with Gasteiger partial charge >= 0.3 is 6.18 Å². The summed E-state index contributed by atoms with van der Waals surface area (Å²) in [6, 6.07) is 3.61. The Kier molecular flexibility index (Phi) is 5.15. The highest BCUT2D eigenvalue weighted by Gasteiger charge is 2.36. The highest BCUT2D eigenvalue weighted by molar-refractivity contribution is 7.86. The van der Waals surface area contributed by atoms with Gasteiger partial charge in [-0.1, -0.05) is 11.6 Å². The van der Waals surface area contributed by atoms with Gasteiger partial charge in [-0.25, -0.2) is 0 Å². The van der Waals surface area contributed by atoms with Crippen LogP contribution in [0.2, 0.25) is 5.02 Å². The summed E-state index contributed by atoms with van der Waals surface area (Å²) in [5.74, 6) is 0. The molecule has 0 unspecified atom stereocenters. The molecule has 0 amide bonds. The van der Waals surface area contributed by atoms with Gasteiger partial charge in [0, 0.05) is 51.0 Å². The van der Waals surface area contributed by atoms with E-state index >= 15 is 0 Å². The molecule has 1 aliphatic rings. The predicted octanol–water partition coefficient (Wildman–Crippen LogP) is 2.29. The minimum Gasteiger partial charge on any atom is -0.368 e. The Morgan fingerprint density at radius 3 is 2.17 bits per heavy atom. The minimum atomic E-state index is -4.52. The molecule has 2 rings (SSSR count). The maximum Gasteiger partial charge on any atom is 0.418 e. The molecule has 1 fully saturated rings. The number of benzene rings is 1. The van der Waals surface area contributed by atoms with Crippen LogP contribution in [0.5, 0.6) is 0 Å². The van der Waals surface area contributed by atoms with Crippen LogP contribution < -0.4 is 4.90 Å². The number of piperazine rings is 1. The first-order valence-electron chi connectivity index (χ1n) is 6.83. The van der Waals surface area contributed by atoms with Gasteiger partial charge in [-0.2, -0.15) is 30.2 Å². The molecule has 0 radical (unpaired) electrons. The Morgan fingerprint density at radius 2 is 1.70 bits per heavy atom. The Hall–Kier alpha value is -1.03. The summed E-state index contributed by atoms with van der Waals surface area (Å²) in [7, 11) is -0.716. The predicted molar refractivity (Wildman–Crippen MR) is 82.8 cm³/mol. The van der Waals surface area contributed by atoms with E-state index in [0.29, 0.717) is 0 Å². The lowest BCUT2D eigenvalue weighted by Crippen LogP contribution is -2.52.